The first kappa shape index (κ1) is 15.0. The molecule has 110 valence electrons. The zero-order valence-corrected chi connectivity index (χ0v) is 12.4. The lowest BCUT2D eigenvalue weighted by atomic mass is 10.1. The van der Waals surface area contributed by atoms with Gasteiger partial charge in [0.25, 0.3) is 5.91 Å². The molecule has 0 radical (unpaired) electrons. The highest BCUT2D eigenvalue weighted by atomic mass is 16.2. The van der Waals surface area contributed by atoms with Gasteiger partial charge in [-0.05, 0) is 37.1 Å². The van der Waals surface area contributed by atoms with Crippen LogP contribution in [-0.4, -0.2) is 26.8 Å². The lowest BCUT2D eigenvalue weighted by Gasteiger charge is -2.28. The van der Waals surface area contributed by atoms with Crippen LogP contribution in [0.25, 0.3) is 0 Å². The van der Waals surface area contributed by atoms with Gasteiger partial charge in [-0.1, -0.05) is 13.0 Å². The van der Waals surface area contributed by atoms with E-state index in [1.165, 1.54) is 0 Å². The van der Waals surface area contributed by atoms with E-state index < -0.39 is 0 Å². The molecule has 1 amide bonds. The summed E-state index contributed by atoms with van der Waals surface area (Å²) in [5, 5.41) is 0. The summed E-state index contributed by atoms with van der Waals surface area (Å²) in [7, 11) is 0. The van der Waals surface area contributed by atoms with E-state index in [1.807, 2.05) is 19.1 Å². The molecule has 2 aromatic rings. The Labute approximate surface area is 124 Å². The monoisotopic (exact) mass is 284 g/mol. The Morgan fingerprint density at radius 1 is 1.38 bits per heavy atom. The third-order valence-corrected chi connectivity index (χ3v) is 3.46. The molecule has 0 aliphatic rings. The standard InChI is InChI=1S/C16H20N4O/c1-3-12(2)20(11-13-5-4-7-18-10-13)16(21)15-9-14(17)6-8-19-15/h4-10,12H,3,11H2,1-2H3,(H2,17,19). The van der Waals surface area contributed by atoms with E-state index in [0.717, 1.165) is 12.0 Å². The smallest absolute Gasteiger partial charge is 0.273 e. The van der Waals surface area contributed by atoms with Crippen molar-refractivity contribution in [3.63, 3.8) is 0 Å². The van der Waals surface area contributed by atoms with Gasteiger partial charge in [-0.2, -0.15) is 0 Å². The van der Waals surface area contributed by atoms with E-state index in [-0.39, 0.29) is 11.9 Å². The predicted molar refractivity (Wildman–Crippen MR) is 82.5 cm³/mol. The van der Waals surface area contributed by atoms with Crippen LogP contribution in [0.4, 0.5) is 5.69 Å². The molecule has 0 aromatic carbocycles. The van der Waals surface area contributed by atoms with Crippen molar-refractivity contribution in [1.29, 1.82) is 0 Å². The van der Waals surface area contributed by atoms with Gasteiger partial charge >= 0.3 is 0 Å². The number of nitrogens with two attached hydrogens (primary N) is 1. The number of hydrogen-bond acceptors (Lipinski definition) is 4. The number of amides is 1. The molecule has 5 nitrogen and oxygen atoms in total. The molecular formula is C16H20N4O. The van der Waals surface area contributed by atoms with Gasteiger partial charge in [0, 0.05) is 36.9 Å². The van der Waals surface area contributed by atoms with Crippen LogP contribution < -0.4 is 5.73 Å². The number of nitrogen functional groups attached to an aromatic ring is 1. The van der Waals surface area contributed by atoms with Crippen molar-refractivity contribution >= 4 is 11.6 Å². The minimum Gasteiger partial charge on any atom is -0.399 e. The average molecular weight is 284 g/mol. The van der Waals surface area contributed by atoms with Gasteiger partial charge in [0.2, 0.25) is 0 Å². The minimum absolute atomic E-state index is 0.111. The average Bonchev–Trinajstić information content (AvgIpc) is 2.52. The quantitative estimate of drug-likeness (QED) is 0.915. The molecule has 2 aromatic heterocycles. The highest BCUT2D eigenvalue weighted by Gasteiger charge is 2.22. The van der Waals surface area contributed by atoms with Crippen molar-refractivity contribution in [2.75, 3.05) is 5.73 Å². The van der Waals surface area contributed by atoms with Gasteiger partial charge in [-0.3, -0.25) is 14.8 Å². The van der Waals surface area contributed by atoms with Crippen LogP contribution in [0.3, 0.4) is 0 Å². The van der Waals surface area contributed by atoms with Crippen molar-refractivity contribution in [3.8, 4) is 0 Å². The SMILES string of the molecule is CCC(C)N(Cc1cccnc1)C(=O)c1cc(N)ccn1. The number of hydrogen-bond donors (Lipinski definition) is 1. The zero-order chi connectivity index (χ0) is 15.2. The summed E-state index contributed by atoms with van der Waals surface area (Å²) in [5.74, 6) is -0.111. The summed E-state index contributed by atoms with van der Waals surface area (Å²) < 4.78 is 0. The van der Waals surface area contributed by atoms with Crippen molar-refractivity contribution < 1.29 is 4.79 Å². The van der Waals surface area contributed by atoms with Crippen molar-refractivity contribution in [1.82, 2.24) is 14.9 Å². The number of carbonyl (C=O) groups is 1. The van der Waals surface area contributed by atoms with E-state index in [9.17, 15) is 4.79 Å². The summed E-state index contributed by atoms with van der Waals surface area (Å²) in [6.07, 6.45) is 5.92. The second-order valence-electron chi connectivity index (χ2n) is 5.03. The number of pyridine rings is 2. The molecule has 2 heterocycles. The maximum atomic E-state index is 12.7. The molecule has 21 heavy (non-hydrogen) atoms. The molecule has 0 spiro atoms. The molecule has 2 rings (SSSR count). The fourth-order valence-electron chi connectivity index (χ4n) is 2.05. The van der Waals surface area contributed by atoms with Crippen molar-refractivity contribution in [2.45, 2.75) is 32.9 Å². The molecule has 0 bridgehead atoms. The molecule has 0 aliphatic heterocycles. The molecular weight excluding hydrogens is 264 g/mol. The van der Waals surface area contributed by atoms with Gasteiger partial charge in [0.15, 0.2) is 0 Å². The van der Waals surface area contributed by atoms with Crippen LogP contribution in [0.15, 0.2) is 42.9 Å². The number of anilines is 1. The Hall–Kier alpha value is -2.43. The molecule has 0 aliphatic carbocycles. The second kappa shape index (κ2) is 6.83. The van der Waals surface area contributed by atoms with Gasteiger partial charge in [-0.15, -0.1) is 0 Å². The molecule has 1 unspecified atom stereocenters. The van der Waals surface area contributed by atoms with Gasteiger partial charge in [0.1, 0.15) is 5.69 Å². The number of aromatic nitrogens is 2. The predicted octanol–water partition coefficient (Wildman–Crippen LogP) is 2.50. The van der Waals surface area contributed by atoms with Crippen LogP contribution in [0.5, 0.6) is 0 Å². The third kappa shape index (κ3) is 3.78. The topological polar surface area (TPSA) is 72.1 Å². The summed E-state index contributed by atoms with van der Waals surface area (Å²) in [6, 6.07) is 7.23. The molecule has 0 fully saturated rings. The Morgan fingerprint density at radius 2 is 2.19 bits per heavy atom. The maximum Gasteiger partial charge on any atom is 0.273 e. The summed E-state index contributed by atoms with van der Waals surface area (Å²) in [4.78, 5) is 22.7. The van der Waals surface area contributed by atoms with E-state index >= 15 is 0 Å². The lowest BCUT2D eigenvalue weighted by molar-refractivity contribution is 0.0665. The minimum atomic E-state index is -0.111. The Kier molecular flexibility index (Phi) is 4.87. The number of nitrogens with zero attached hydrogens (tertiary/aromatic N) is 3. The van der Waals surface area contributed by atoms with Gasteiger partial charge in [-0.25, -0.2) is 0 Å². The van der Waals surface area contributed by atoms with Gasteiger partial charge < -0.3 is 10.6 Å². The summed E-state index contributed by atoms with van der Waals surface area (Å²) >= 11 is 0. The highest BCUT2D eigenvalue weighted by molar-refractivity contribution is 5.93. The maximum absolute atomic E-state index is 12.7. The molecule has 5 heteroatoms. The van der Waals surface area contributed by atoms with Crippen LogP contribution in [0.2, 0.25) is 0 Å². The fraction of sp³-hybridized carbons (Fsp3) is 0.312. The van der Waals surface area contributed by atoms with E-state index in [0.29, 0.717) is 17.9 Å². The molecule has 2 N–H and O–H groups in total. The van der Waals surface area contributed by atoms with Crippen LogP contribution >= 0.6 is 0 Å². The summed E-state index contributed by atoms with van der Waals surface area (Å²) in [6.45, 7) is 4.60. The van der Waals surface area contributed by atoms with E-state index in [2.05, 4.69) is 16.9 Å². The van der Waals surface area contributed by atoms with Crippen LogP contribution in [-0.2, 0) is 6.54 Å². The summed E-state index contributed by atoms with van der Waals surface area (Å²) in [5.41, 5.74) is 7.65. The third-order valence-electron chi connectivity index (χ3n) is 3.46. The van der Waals surface area contributed by atoms with Crippen molar-refractivity contribution in [3.05, 3.63) is 54.1 Å². The highest BCUT2D eigenvalue weighted by Crippen LogP contribution is 2.15. The largest absolute Gasteiger partial charge is 0.399 e. The van der Waals surface area contributed by atoms with Crippen molar-refractivity contribution in [2.24, 2.45) is 0 Å². The van der Waals surface area contributed by atoms with E-state index in [1.54, 1.807) is 35.6 Å². The zero-order valence-electron chi connectivity index (χ0n) is 12.4. The second-order valence-corrected chi connectivity index (χ2v) is 5.03. The van der Waals surface area contributed by atoms with Crippen LogP contribution in [0.1, 0.15) is 36.3 Å². The first-order chi connectivity index (χ1) is 10.1. The first-order valence-electron chi connectivity index (χ1n) is 7.03. The Morgan fingerprint density at radius 3 is 2.81 bits per heavy atom. The first-order valence-corrected chi connectivity index (χ1v) is 7.03. The van der Waals surface area contributed by atoms with Gasteiger partial charge in [0.05, 0.1) is 0 Å². The van der Waals surface area contributed by atoms with Crippen LogP contribution in [0, 0.1) is 0 Å². The van der Waals surface area contributed by atoms with E-state index in [4.69, 9.17) is 5.73 Å². The molecule has 0 saturated carbocycles. The normalized spacial score (nSPS) is 11.9. The lowest BCUT2D eigenvalue weighted by Crippen LogP contribution is -2.38. The molecule has 0 saturated heterocycles. The molecule has 1 atom stereocenters. The number of carbonyl (C=O) groups excluding carboxylic acids is 1. The Balaban J connectivity index is 2.25. The fourth-order valence-corrected chi connectivity index (χ4v) is 2.05. The number of rotatable bonds is 5. The Bertz CT molecular complexity index is 600.